The summed E-state index contributed by atoms with van der Waals surface area (Å²) in [5.74, 6) is -0.397. The Labute approximate surface area is 126 Å². The zero-order valence-electron chi connectivity index (χ0n) is 10.9. The van der Waals surface area contributed by atoms with Crippen LogP contribution >= 0.6 is 11.3 Å². The van der Waals surface area contributed by atoms with Gasteiger partial charge >= 0.3 is 0 Å². The van der Waals surface area contributed by atoms with Gasteiger partial charge in [0.1, 0.15) is 16.1 Å². The van der Waals surface area contributed by atoms with Crippen molar-refractivity contribution in [3.05, 3.63) is 46.7 Å². The van der Waals surface area contributed by atoms with Gasteiger partial charge in [0.25, 0.3) is 0 Å². The van der Waals surface area contributed by atoms with E-state index < -0.39 is 16.8 Å². The van der Waals surface area contributed by atoms with E-state index in [-0.39, 0.29) is 0 Å². The Morgan fingerprint density at radius 2 is 2.29 bits per heavy atom. The highest BCUT2D eigenvalue weighted by atomic mass is 32.2. The molecule has 2 N–H and O–H groups in total. The van der Waals surface area contributed by atoms with E-state index in [0.29, 0.717) is 15.5 Å². The number of nitrogens with one attached hydrogen (secondary N) is 2. The van der Waals surface area contributed by atoms with Crippen LogP contribution in [0.15, 0.2) is 34.0 Å². The van der Waals surface area contributed by atoms with Crippen LogP contribution in [-0.2, 0) is 11.0 Å². The van der Waals surface area contributed by atoms with E-state index in [9.17, 15) is 8.60 Å². The smallest absolute Gasteiger partial charge is 0.160 e. The van der Waals surface area contributed by atoms with Gasteiger partial charge in [-0.2, -0.15) is 5.26 Å². The van der Waals surface area contributed by atoms with Gasteiger partial charge in [-0.3, -0.25) is 4.72 Å². The van der Waals surface area contributed by atoms with E-state index in [1.165, 1.54) is 11.4 Å². The Morgan fingerprint density at radius 3 is 2.95 bits per heavy atom. The van der Waals surface area contributed by atoms with Gasteiger partial charge in [0.2, 0.25) is 0 Å². The molecule has 0 aliphatic carbocycles. The first-order chi connectivity index (χ1) is 10.1. The van der Waals surface area contributed by atoms with E-state index >= 15 is 0 Å². The molecule has 21 heavy (non-hydrogen) atoms. The fourth-order valence-electron chi connectivity index (χ4n) is 2.14. The number of nitrogens with zero attached hydrogens (tertiary/aromatic N) is 1. The summed E-state index contributed by atoms with van der Waals surface area (Å²) in [6.07, 6.45) is 1.62. The van der Waals surface area contributed by atoms with Crippen LogP contribution in [0.3, 0.4) is 0 Å². The van der Waals surface area contributed by atoms with Crippen LogP contribution in [0.4, 0.5) is 10.1 Å². The highest BCUT2D eigenvalue weighted by Crippen LogP contribution is 2.29. The van der Waals surface area contributed by atoms with Crippen molar-refractivity contribution < 1.29 is 8.60 Å². The van der Waals surface area contributed by atoms with Crippen LogP contribution in [0.5, 0.6) is 0 Å². The number of aryl methyl sites for hydroxylation is 1. The normalized spacial score (nSPS) is 12.2. The predicted molar refractivity (Wildman–Crippen MR) is 82.1 cm³/mol. The van der Waals surface area contributed by atoms with Crippen LogP contribution in [0.25, 0.3) is 10.9 Å². The molecule has 1 aromatic carbocycles. The number of nitriles is 1. The minimum Gasteiger partial charge on any atom is -0.358 e. The van der Waals surface area contributed by atoms with Gasteiger partial charge in [-0.25, -0.2) is 8.60 Å². The number of H-pyrrole nitrogens is 1. The summed E-state index contributed by atoms with van der Waals surface area (Å²) in [6, 6.07) is 7.01. The Hall–Kier alpha value is -2.17. The molecule has 106 valence electrons. The standard InChI is InChI=1S/C14H10FN3OS2/c1-8-2-3-11(14-13(8)9(5-16)6-17-14)18-21(19)12-4-10(15)7-20-12/h2-4,6-7,17-18H,1H3. The number of hydrogen-bond acceptors (Lipinski definition) is 3. The van der Waals surface area contributed by atoms with Crippen molar-refractivity contribution in [2.24, 2.45) is 0 Å². The second-order valence-corrected chi connectivity index (χ2v) is 6.80. The number of halogens is 1. The Bertz CT molecular complexity index is 891. The molecule has 0 fully saturated rings. The van der Waals surface area contributed by atoms with Crippen LogP contribution < -0.4 is 4.72 Å². The summed E-state index contributed by atoms with van der Waals surface area (Å²) in [5.41, 5.74) is 2.83. The molecule has 3 aromatic rings. The lowest BCUT2D eigenvalue weighted by molar-refractivity contribution is 0.630. The fourth-order valence-corrected chi connectivity index (χ4v) is 3.92. The molecule has 0 bridgehead atoms. The molecule has 1 unspecified atom stereocenters. The molecule has 0 saturated carbocycles. The second kappa shape index (κ2) is 5.31. The molecular weight excluding hydrogens is 309 g/mol. The third-order valence-corrected chi connectivity index (χ3v) is 5.42. The molecule has 2 aromatic heterocycles. The largest absolute Gasteiger partial charge is 0.358 e. The molecular formula is C14H10FN3OS2. The minimum atomic E-state index is -1.54. The molecule has 0 aliphatic heterocycles. The summed E-state index contributed by atoms with van der Waals surface area (Å²) in [5, 5.41) is 11.2. The van der Waals surface area contributed by atoms with Gasteiger partial charge in [-0.1, -0.05) is 6.07 Å². The van der Waals surface area contributed by atoms with Crippen LogP contribution in [-0.4, -0.2) is 9.19 Å². The van der Waals surface area contributed by atoms with Crippen molar-refractivity contribution in [2.45, 2.75) is 11.1 Å². The van der Waals surface area contributed by atoms with Gasteiger partial charge < -0.3 is 4.98 Å². The van der Waals surface area contributed by atoms with E-state index in [4.69, 9.17) is 5.26 Å². The molecule has 0 spiro atoms. The highest BCUT2D eigenvalue weighted by molar-refractivity contribution is 7.88. The molecule has 0 aliphatic rings. The zero-order chi connectivity index (χ0) is 15.0. The lowest BCUT2D eigenvalue weighted by Crippen LogP contribution is -2.03. The van der Waals surface area contributed by atoms with Crippen molar-refractivity contribution in [1.82, 2.24) is 4.98 Å². The lowest BCUT2D eigenvalue weighted by Gasteiger charge is -2.07. The van der Waals surface area contributed by atoms with Crippen molar-refractivity contribution in [2.75, 3.05) is 4.72 Å². The topological polar surface area (TPSA) is 68.7 Å². The predicted octanol–water partition coefficient (Wildman–Crippen LogP) is 3.68. The maximum atomic E-state index is 13.0. The first-order valence-corrected chi connectivity index (χ1v) is 8.06. The number of aromatic amines is 1. The van der Waals surface area contributed by atoms with E-state index in [1.807, 2.05) is 13.0 Å². The highest BCUT2D eigenvalue weighted by Gasteiger charge is 2.13. The lowest BCUT2D eigenvalue weighted by atomic mass is 10.1. The van der Waals surface area contributed by atoms with Crippen LogP contribution in [0.1, 0.15) is 11.1 Å². The summed E-state index contributed by atoms with van der Waals surface area (Å²) in [7, 11) is -1.54. The number of fused-ring (bicyclic) bond motifs is 1. The third kappa shape index (κ3) is 2.44. The maximum Gasteiger partial charge on any atom is 0.160 e. The molecule has 0 amide bonds. The molecule has 4 nitrogen and oxygen atoms in total. The second-order valence-electron chi connectivity index (χ2n) is 4.45. The summed E-state index contributed by atoms with van der Waals surface area (Å²) in [4.78, 5) is 3.02. The molecule has 2 heterocycles. The Kier molecular flexibility index (Phi) is 3.49. The van der Waals surface area contributed by atoms with Gasteiger partial charge in [0, 0.05) is 23.0 Å². The van der Waals surface area contributed by atoms with Crippen molar-refractivity contribution in [3.63, 3.8) is 0 Å². The van der Waals surface area contributed by atoms with E-state index in [1.54, 1.807) is 12.3 Å². The summed E-state index contributed by atoms with van der Waals surface area (Å²) in [6.45, 7) is 1.91. The summed E-state index contributed by atoms with van der Waals surface area (Å²) >= 11 is 1.09. The Morgan fingerprint density at radius 1 is 1.48 bits per heavy atom. The number of rotatable bonds is 3. The van der Waals surface area contributed by atoms with Crippen molar-refractivity contribution in [3.8, 4) is 6.07 Å². The monoisotopic (exact) mass is 319 g/mol. The van der Waals surface area contributed by atoms with Gasteiger partial charge in [-0.15, -0.1) is 11.3 Å². The molecule has 0 radical (unpaired) electrons. The van der Waals surface area contributed by atoms with Gasteiger partial charge in [-0.05, 0) is 18.6 Å². The quantitative estimate of drug-likeness (QED) is 0.773. The molecule has 1 atom stereocenters. The third-order valence-electron chi connectivity index (χ3n) is 3.09. The van der Waals surface area contributed by atoms with E-state index in [0.717, 1.165) is 27.8 Å². The molecule has 0 saturated heterocycles. The zero-order valence-corrected chi connectivity index (χ0v) is 12.6. The first kappa shape index (κ1) is 13.8. The molecule has 7 heteroatoms. The average molecular weight is 319 g/mol. The van der Waals surface area contributed by atoms with Crippen molar-refractivity contribution in [1.29, 1.82) is 5.26 Å². The van der Waals surface area contributed by atoms with Crippen LogP contribution in [0.2, 0.25) is 0 Å². The first-order valence-electron chi connectivity index (χ1n) is 6.03. The Balaban J connectivity index is 2.02. The SMILES string of the molecule is Cc1ccc(NS(=O)c2cc(F)cs2)c2[nH]cc(C#N)c12. The maximum absolute atomic E-state index is 13.0. The van der Waals surface area contributed by atoms with E-state index in [2.05, 4.69) is 15.8 Å². The van der Waals surface area contributed by atoms with Gasteiger partial charge in [0.05, 0.1) is 16.8 Å². The number of anilines is 1. The number of benzene rings is 1. The van der Waals surface area contributed by atoms with Crippen molar-refractivity contribution >= 4 is 38.9 Å². The molecule has 3 rings (SSSR count). The number of hydrogen-bond donors (Lipinski definition) is 2. The average Bonchev–Trinajstić information content (AvgIpc) is 3.08. The number of thiophene rings is 1. The van der Waals surface area contributed by atoms with Gasteiger partial charge in [0.15, 0.2) is 11.0 Å². The minimum absolute atomic E-state index is 0.397. The summed E-state index contributed by atoms with van der Waals surface area (Å²) < 4.78 is 28.4. The number of aromatic nitrogens is 1. The fraction of sp³-hybridized carbons (Fsp3) is 0.0714. The van der Waals surface area contributed by atoms with Crippen LogP contribution in [0, 0.1) is 24.1 Å².